The summed E-state index contributed by atoms with van der Waals surface area (Å²) in [5.74, 6) is -0.325. The van der Waals surface area contributed by atoms with Gasteiger partial charge in [-0.05, 0) is 0 Å². The van der Waals surface area contributed by atoms with Gasteiger partial charge in [-0.1, -0.05) is 0 Å². The van der Waals surface area contributed by atoms with E-state index >= 15 is 0 Å². The lowest BCUT2D eigenvalue weighted by Gasteiger charge is -2.00. The maximum atomic E-state index is 10.6. The Morgan fingerprint density at radius 3 is 2.67 bits per heavy atom. The molecule has 12 heavy (non-hydrogen) atoms. The summed E-state index contributed by atoms with van der Waals surface area (Å²) >= 11 is 0. The fourth-order valence-corrected chi connectivity index (χ4v) is 0.725. The number of rotatable bonds is 2. The van der Waals surface area contributed by atoms with E-state index in [1.165, 1.54) is 19.3 Å². The van der Waals surface area contributed by atoms with Crippen LogP contribution >= 0.6 is 0 Å². The molecule has 0 spiro atoms. The molecule has 64 valence electrons. The quantitative estimate of drug-likeness (QED) is 0.363. The van der Waals surface area contributed by atoms with E-state index in [2.05, 4.69) is 0 Å². The number of carbonyl (C=O) groups is 1. The van der Waals surface area contributed by atoms with Crippen LogP contribution in [-0.2, 0) is 16.1 Å². The van der Waals surface area contributed by atoms with Gasteiger partial charge in [0.1, 0.15) is 6.61 Å². The molecule has 0 radical (unpaired) electrons. The van der Waals surface area contributed by atoms with Crippen LogP contribution in [0.4, 0.5) is 0 Å². The normalized spacial score (nSPS) is 9.42. The lowest BCUT2D eigenvalue weighted by molar-refractivity contribution is -0.605. The Labute approximate surface area is 70.0 Å². The predicted molar refractivity (Wildman–Crippen MR) is 40.9 cm³/mol. The number of aromatic nitrogens is 1. The average Bonchev–Trinajstić information content (AvgIpc) is 2.03. The number of ether oxygens (including phenoxy) is 1. The molecule has 0 unspecified atom stereocenters. The lowest BCUT2D eigenvalue weighted by atomic mass is 10.3. The predicted octanol–water partition coefficient (Wildman–Crippen LogP) is 0.383. The molecule has 1 aromatic rings. The highest BCUT2D eigenvalue weighted by Gasteiger charge is 1.96. The number of hydrogen-bond acceptors (Lipinski definition) is 3. The van der Waals surface area contributed by atoms with Gasteiger partial charge in [0.15, 0.2) is 12.4 Å². The summed E-state index contributed by atoms with van der Waals surface area (Å²) in [5.41, 5.74) is 0.803. The Bertz CT molecular complexity index is 268. The number of pyridine rings is 1. The van der Waals surface area contributed by atoms with E-state index in [1.807, 2.05) is 0 Å². The van der Waals surface area contributed by atoms with E-state index in [-0.39, 0.29) is 12.6 Å². The first-order valence-corrected chi connectivity index (χ1v) is 3.49. The van der Waals surface area contributed by atoms with Crippen molar-refractivity contribution in [2.24, 2.45) is 0 Å². The van der Waals surface area contributed by atoms with E-state index in [9.17, 15) is 10.0 Å². The zero-order valence-corrected chi connectivity index (χ0v) is 6.69. The van der Waals surface area contributed by atoms with Crippen molar-refractivity contribution in [3.05, 3.63) is 35.3 Å². The molecule has 0 atom stereocenters. The third kappa shape index (κ3) is 2.57. The average molecular weight is 167 g/mol. The smallest absolute Gasteiger partial charge is 0.302 e. The molecular formula is C8H9NO3. The van der Waals surface area contributed by atoms with E-state index in [4.69, 9.17) is 4.74 Å². The van der Waals surface area contributed by atoms with Crippen LogP contribution in [-0.4, -0.2) is 5.97 Å². The first-order chi connectivity index (χ1) is 5.68. The van der Waals surface area contributed by atoms with Gasteiger partial charge in [-0.3, -0.25) is 4.79 Å². The molecule has 0 N–H and O–H groups in total. The van der Waals surface area contributed by atoms with Crippen LogP contribution in [0.1, 0.15) is 12.5 Å². The van der Waals surface area contributed by atoms with Crippen molar-refractivity contribution in [1.82, 2.24) is 0 Å². The Balaban J connectivity index is 2.53. The summed E-state index contributed by atoms with van der Waals surface area (Å²) in [6.07, 6.45) is 2.72. The van der Waals surface area contributed by atoms with Gasteiger partial charge in [0, 0.05) is 24.6 Å². The maximum absolute atomic E-state index is 10.6. The van der Waals surface area contributed by atoms with Crippen molar-refractivity contribution < 1.29 is 14.3 Å². The molecule has 0 aliphatic carbocycles. The molecule has 0 bridgehead atoms. The standard InChI is InChI=1S/C8H9NO3/c1-7(10)12-6-8-2-4-9(11)5-3-8/h2-5H,6H2,1H3. The molecule has 0 saturated heterocycles. The first-order valence-electron chi connectivity index (χ1n) is 3.49. The number of nitrogens with zero attached hydrogens (tertiary/aromatic N) is 1. The zero-order chi connectivity index (χ0) is 8.97. The second kappa shape index (κ2) is 3.71. The highest BCUT2D eigenvalue weighted by atomic mass is 16.5. The third-order valence-corrected chi connectivity index (χ3v) is 1.31. The van der Waals surface area contributed by atoms with Crippen LogP contribution in [0.3, 0.4) is 0 Å². The zero-order valence-electron chi connectivity index (χ0n) is 6.69. The van der Waals surface area contributed by atoms with E-state index in [0.717, 1.165) is 5.56 Å². The monoisotopic (exact) mass is 167 g/mol. The van der Waals surface area contributed by atoms with Gasteiger partial charge in [-0.15, -0.1) is 0 Å². The highest BCUT2D eigenvalue weighted by Crippen LogP contribution is 1.97. The van der Waals surface area contributed by atoms with E-state index in [1.54, 1.807) is 12.1 Å². The van der Waals surface area contributed by atoms with E-state index in [0.29, 0.717) is 4.73 Å². The largest absolute Gasteiger partial charge is 0.619 e. The van der Waals surface area contributed by atoms with Gasteiger partial charge in [0.25, 0.3) is 0 Å². The van der Waals surface area contributed by atoms with Crippen LogP contribution in [0.2, 0.25) is 0 Å². The maximum Gasteiger partial charge on any atom is 0.302 e. The minimum atomic E-state index is -0.325. The molecule has 0 aliphatic rings. The number of hydrogen-bond donors (Lipinski definition) is 0. The van der Waals surface area contributed by atoms with Crippen molar-refractivity contribution >= 4 is 5.97 Å². The Morgan fingerprint density at radius 1 is 1.58 bits per heavy atom. The van der Waals surface area contributed by atoms with Gasteiger partial charge < -0.3 is 9.94 Å². The molecule has 1 aromatic heterocycles. The van der Waals surface area contributed by atoms with Gasteiger partial charge in [-0.25, -0.2) is 0 Å². The van der Waals surface area contributed by atoms with Gasteiger partial charge in [-0.2, -0.15) is 4.73 Å². The SMILES string of the molecule is CC(=O)OCc1cc[n+]([O-])cc1. The fraction of sp³-hybridized carbons (Fsp3) is 0.250. The Morgan fingerprint density at radius 2 is 2.17 bits per heavy atom. The number of carbonyl (C=O) groups excluding carboxylic acids is 1. The molecule has 0 fully saturated rings. The van der Waals surface area contributed by atoms with Crippen molar-refractivity contribution in [3.8, 4) is 0 Å². The minimum absolute atomic E-state index is 0.218. The first kappa shape index (κ1) is 8.52. The van der Waals surface area contributed by atoms with Crippen LogP contribution in [0.15, 0.2) is 24.5 Å². The van der Waals surface area contributed by atoms with Crippen molar-refractivity contribution in [3.63, 3.8) is 0 Å². The molecule has 1 rings (SSSR count). The summed E-state index contributed by atoms with van der Waals surface area (Å²) in [6, 6.07) is 3.21. The molecule has 0 aromatic carbocycles. The molecule has 4 heteroatoms. The van der Waals surface area contributed by atoms with Crippen LogP contribution < -0.4 is 4.73 Å². The third-order valence-electron chi connectivity index (χ3n) is 1.31. The number of esters is 1. The minimum Gasteiger partial charge on any atom is -0.619 e. The molecule has 0 saturated carbocycles. The van der Waals surface area contributed by atoms with Crippen LogP contribution in [0.5, 0.6) is 0 Å². The van der Waals surface area contributed by atoms with Crippen molar-refractivity contribution in [2.75, 3.05) is 0 Å². The molecule has 0 aliphatic heterocycles. The summed E-state index contributed by atoms with van der Waals surface area (Å²) in [4.78, 5) is 10.4. The topological polar surface area (TPSA) is 53.2 Å². The fourth-order valence-electron chi connectivity index (χ4n) is 0.725. The van der Waals surface area contributed by atoms with Crippen molar-refractivity contribution in [2.45, 2.75) is 13.5 Å². The van der Waals surface area contributed by atoms with Gasteiger partial charge >= 0.3 is 5.97 Å². The van der Waals surface area contributed by atoms with Gasteiger partial charge in [0.2, 0.25) is 0 Å². The molecule has 1 heterocycles. The summed E-state index contributed by atoms with van der Waals surface area (Å²) in [5, 5.41) is 10.6. The second-order valence-electron chi connectivity index (χ2n) is 2.35. The van der Waals surface area contributed by atoms with E-state index < -0.39 is 0 Å². The summed E-state index contributed by atoms with van der Waals surface area (Å²) in [6.45, 7) is 1.56. The van der Waals surface area contributed by atoms with Crippen LogP contribution in [0, 0.1) is 5.21 Å². The highest BCUT2D eigenvalue weighted by molar-refractivity contribution is 5.65. The second-order valence-corrected chi connectivity index (χ2v) is 2.35. The lowest BCUT2D eigenvalue weighted by Crippen LogP contribution is -2.23. The van der Waals surface area contributed by atoms with Crippen molar-refractivity contribution in [1.29, 1.82) is 0 Å². The molecule has 4 nitrogen and oxygen atoms in total. The van der Waals surface area contributed by atoms with Crippen LogP contribution in [0.25, 0.3) is 0 Å². The molecular weight excluding hydrogens is 158 g/mol. The summed E-state index contributed by atoms with van der Waals surface area (Å²) in [7, 11) is 0. The van der Waals surface area contributed by atoms with Gasteiger partial charge in [0.05, 0.1) is 0 Å². The molecule has 0 amide bonds. The Hall–Kier alpha value is -1.58. The summed E-state index contributed by atoms with van der Waals surface area (Å²) < 4.78 is 5.40. The Kier molecular flexibility index (Phi) is 2.63.